The summed E-state index contributed by atoms with van der Waals surface area (Å²) >= 11 is 0. The minimum atomic E-state index is -0.997. The van der Waals surface area contributed by atoms with Gasteiger partial charge in [-0.3, -0.25) is 0 Å². The summed E-state index contributed by atoms with van der Waals surface area (Å²) in [6.07, 6.45) is 1.57. The molecule has 0 saturated heterocycles. The Bertz CT molecular complexity index is 591. The zero-order valence-electron chi connectivity index (χ0n) is 10.5. The molecule has 0 saturated carbocycles. The van der Waals surface area contributed by atoms with Crippen LogP contribution in [0.2, 0.25) is 0 Å². The molecule has 0 aliphatic carbocycles. The van der Waals surface area contributed by atoms with Gasteiger partial charge in [0.15, 0.2) is 5.69 Å². The average molecular weight is 232 g/mol. The molecule has 2 aromatic heterocycles. The van der Waals surface area contributed by atoms with Gasteiger partial charge < -0.3 is 9.51 Å². The zero-order valence-corrected chi connectivity index (χ0v) is 10.5. The largest absolute Gasteiger partial charge is 0.477 e. The first-order chi connectivity index (χ1) is 7.80. The predicted molar refractivity (Wildman–Crippen MR) is 65.6 cm³/mol. The van der Waals surface area contributed by atoms with E-state index in [4.69, 9.17) is 5.11 Å². The number of nitrogens with zero attached hydrogens (tertiary/aromatic N) is 2. The van der Waals surface area contributed by atoms with Crippen molar-refractivity contribution in [2.24, 2.45) is 0 Å². The molecule has 0 fully saturated rings. The third-order valence-corrected chi connectivity index (χ3v) is 2.95. The molecule has 0 atom stereocenters. The molecule has 90 valence electrons. The van der Waals surface area contributed by atoms with Gasteiger partial charge >= 0.3 is 5.97 Å². The van der Waals surface area contributed by atoms with Gasteiger partial charge in [-0.1, -0.05) is 20.8 Å². The van der Waals surface area contributed by atoms with Crippen LogP contribution < -0.4 is 0 Å². The monoisotopic (exact) mass is 232 g/mol. The van der Waals surface area contributed by atoms with E-state index in [1.807, 2.05) is 17.4 Å². The Labute approximate surface area is 99.9 Å². The molecule has 0 aromatic carbocycles. The molecule has 0 unspecified atom stereocenters. The molecule has 4 heteroatoms. The summed E-state index contributed by atoms with van der Waals surface area (Å²) in [5.41, 5.74) is 3.31. The molecule has 17 heavy (non-hydrogen) atoms. The van der Waals surface area contributed by atoms with Crippen LogP contribution in [-0.2, 0) is 5.41 Å². The lowest BCUT2D eigenvalue weighted by Gasteiger charge is -2.18. The van der Waals surface area contributed by atoms with Crippen LogP contribution in [0.4, 0.5) is 0 Å². The van der Waals surface area contributed by atoms with Crippen molar-refractivity contribution < 1.29 is 9.90 Å². The Kier molecular flexibility index (Phi) is 2.45. The van der Waals surface area contributed by atoms with Crippen LogP contribution in [0.1, 0.15) is 42.5 Å². The Morgan fingerprint density at radius 3 is 2.53 bits per heavy atom. The second-order valence-corrected chi connectivity index (χ2v) is 5.27. The van der Waals surface area contributed by atoms with Crippen LogP contribution in [0.25, 0.3) is 5.52 Å². The van der Waals surface area contributed by atoms with Crippen molar-refractivity contribution in [3.05, 3.63) is 35.4 Å². The molecule has 2 rings (SSSR count). The van der Waals surface area contributed by atoms with Crippen LogP contribution in [-0.4, -0.2) is 20.5 Å². The average Bonchev–Trinajstić information content (AvgIpc) is 2.55. The van der Waals surface area contributed by atoms with Crippen LogP contribution in [0.15, 0.2) is 18.5 Å². The first-order valence-corrected chi connectivity index (χ1v) is 5.52. The summed E-state index contributed by atoms with van der Waals surface area (Å²) in [4.78, 5) is 14.8. The lowest BCUT2D eigenvalue weighted by Crippen LogP contribution is -2.11. The summed E-state index contributed by atoms with van der Waals surface area (Å²) in [6, 6.07) is 3.63. The summed E-state index contributed by atoms with van der Waals surface area (Å²) in [7, 11) is 0. The molecule has 0 radical (unpaired) electrons. The minimum Gasteiger partial charge on any atom is -0.477 e. The topological polar surface area (TPSA) is 54.6 Å². The van der Waals surface area contributed by atoms with Gasteiger partial charge in [-0.15, -0.1) is 0 Å². The lowest BCUT2D eigenvalue weighted by atomic mass is 9.87. The van der Waals surface area contributed by atoms with Gasteiger partial charge in [-0.05, 0) is 30.0 Å². The highest BCUT2D eigenvalue weighted by molar-refractivity contribution is 5.86. The molecule has 0 spiro atoms. The van der Waals surface area contributed by atoms with Crippen LogP contribution in [0, 0.1) is 6.92 Å². The Hall–Kier alpha value is -1.84. The fraction of sp³-hybridized carbons (Fsp3) is 0.385. The number of hydrogen-bond donors (Lipinski definition) is 1. The normalized spacial score (nSPS) is 12.0. The quantitative estimate of drug-likeness (QED) is 0.822. The highest BCUT2D eigenvalue weighted by atomic mass is 16.4. The number of hydrogen-bond acceptors (Lipinski definition) is 2. The smallest absolute Gasteiger partial charge is 0.354 e. The maximum absolute atomic E-state index is 10.9. The van der Waals surface area contributed by atoms with Crippen molar-refractivity contribution in [3.63, 3.8) is 0 Å². The van der Waals surface area contributed by atoms with Crippen LogP contribution >= 0.6 is 0 Å². The number of aryl methyl sites for hydroxylation is 1. The summed E-state index contributed by atoms with van der Waals surface area (Å²) in [5.74, 6) is -0.997. The molecular weight excluding hydrogens is 216 g/mol. The first-order valence-electron chi connectivity index (χ1n) is 5.52. The summed E-state index contributed by atoms with van der Waals surface area (Å²) in [5, 5.41) is 8.91. The van der Waals surface area contributed by atoms with Crippen LogP contribution in [0.3, 0.4) is 0 Å². The van der Waals surface area contributed by atoms with Crippen molar-refractivity contribution in [2.75, 3.05) is 0 Å². The maximum Gasteiger partial charge on any atom is 0.354 e. The molecular formula is C13H16N2O2. The second kappa shape index (κ2) is 3.58. The number of rotatable bonds is 1. The number of fused-ring (bicyclic) bond motifs is 1. The first kappa shape index (κ1) is 11.6. The lowest BCUT2D eigenvalue weighted by molar-refractivity contribution is 0.0690. The van der Waals surface area contributed by atoms with Crippen molar-refractivity contribution in [1.29, 1.82) is 0 Å². The Balaban J connectivity index is 2.70. The van der Waals surface area contributed by atoms with Crippen molar-refractivity contribution >= 4 is 11.5 Å². The van der Waals surface area contributed by atoms with Crippen molar-refractivity contribution in [2.45, 2.75) is 33.1 Å². The van der Waals surface area contributed by atoms with E-state index in [9.17, 15) is 4.79 Å². The van der Waals surface area contributed by atoms with E-state index >= 15 is 0 Å². The van der Waals surface area contributed by atoms with Gasteiger partial charge in [0.2, 0.25) is 0 Å². The third-order valence-electron chi connectivity index (χ3n) is 2.95. The second-order valence-electron chi connectivity index (χ2n) is 5.27. The molecule has 0 aliphatic rings. The van der Waals surface area contributed by atoms with E-state index < -0.39 is 5.97 Å². The van der Waals surface area contributed by atoms with Gasteiger partial charge in [0.25, 0.3) is 0 Å². The summed E-state index contributed by atoms with van der Waals surface area (Å²) < 4.78 is 1.92. The molecule has 4 nitrogen and oxygen atoms in total. The van der Waals surface area contributed by atoms with E-state index in [0.29, 0.717) is 0 Å². The predicted octanol–water partition coefficient (Wildman–Crippen LogP) is 2.64. The number of carbonyl (C=O) groups is 1. The van der Waals surface area contributed by atoms with Crippen molar-refractivity contribution in [1.82, 2.24) is 9.38 Å². The molecule has 2 heterocycles. The molecule has 0 bridgehead atoms. The number of carboxylic acids is 1. The SMILES string of the molecule is Cc1c(C(C)(C)C)cc2cc(C(=O)O)ncn12. The van der Waals surface area contributed by atoms with Gasteiger partial charge in [-0.2, -0.15) is 0 Å². The highest BCUT2D eigenvalue weighted by Gasteiger charge is 2.20. The van der Waals surface area contributed by atoms with E-state index in [1.54, 1.807) is 12.4 Å². The van der Waals surface area contributed by atoms with Gasteiger partial charge in [0, 0.05) is 11.2 Å². The Morgan fingerprint density at radius 1 is 1.35 bits per heavy atom. The van der Waals surface area contributed by atoms with Crippen molar-refractivity contribution in [3.8, 4) is 0 Å². The zero-order chi connectivity index (χ0) is 12.8. The fourth-order valence-electron chi connectivity index (χ4n) is 2.08. The Morgan fingerprint density at radius 2 is 2.00 bits per heavy atom. The van der Waals surface area contributed by atoms with Crippen LogP contribution in [0.5, 0.6) is 0 Å². The minimum absolute atomic E-state index is 0.0412. The molecule has 1 N–H and O–H groups in total. The fourth-order valence-corrected chi connectivity index (χ4v) is 2.08. The maximum atomic E-state index is 10.9. The van der Waals surface area contributed by atoms with Gasteiger partial charge in [-0.25, -0.2) is 9.78 Å². The summed E-state index contributed by atoms with van der Waals surface area (Å²) in [6.45, 7) is 8.44. The number of carboxylic acid groups (broad SMARTS) is 1. The molecule has 0 aliphatic heterocycles. The van der Waals surface area contributed by atoms with E-state index in [2.05, 4.69) is 25.8 Å². The van der Waals surface area contributed by atoms with E-state index in [0.717, 1.165) is 11.2 Å². The van der Waals surface area contributed by atoms with E-state index in [1.165, 1.54) is 5.56 Å². The standard InChI is InChI=1S/C13H16N2O2/c1-8-10(13(2,3)4)5-9-6-11(12(16)17)14-7-15(8)9/h5-7H,1-4H3,(H,16,17). The molecule has 0 amide bonds. The number of aromatic nitrogens is 2. The van der Waals surface area contributed by atoms with Gasteiger partial charge in [0.1, 0.15) is 6.33 Å². The highest BCUT2D eigenvalue weighted by Crippen LogP contribution is 2.28. The van der Waals surface area contributed by atoms with Gasteiger partial charge in [0.05, 0.1) is 0 Å². The van der Waals surface area contributed by atoms with E-state index in [-0.39, 0.29) is 11.1 Å². The number of aromatic carboxylic acids is 1. The third kappa shape index (κ3) is 1.90. The molecule has 2 aromatic rings.